The molecule has 0 saturated carbocycles. The van der Waals surface area contributed by atoms with Crippen molar-refractivity contribution in [3.05, 3.63) is 58.6 Å². The van der Waals surface area contributed by atoms with Gasteiger partial charge in [0.2, 0.25) is 0 Å². The second-order valence-electron chi connectivity index (χ2n) is 4.05. The number of carboxylic acids is 1. The van der Waals surface area contributed by atoms with Crippen molar-refractivity contribution in [3.8, 4) is 11.1 Å². The number of benzene rings is 2. The third-order valence-corrected chi connectivity index (χ3v) is 3.16. The standard InChI is InChI=1S/C14H8ClF3O2/c15-12-10(2-1-3-11(12)13(19)20)8-4-6-9(7-5-8)14(16,17)18/h1-7H,(H,19,20). The first-order valence-corrected chi connectivity index (χ1v) is 5.88. The molecular weight excluding hydrogens is 293 g/mol. The Morgan fingerprint density at radius 1 is 1.05 bits per heavy atom. The Balaban J connectivity index is 2.48. The quantitative estimate of drug-likeness (QED) is 0.871. The lowest BCUT2D eigenvalue weighted by atomic mass is 10.0. The van der Waals surface area contributed by atoms with Gasteiger partial charge in [0.05, 0.1) is 16.1 Å². The average molecular weight is 301 g/mol. The van der Waals surface area contributed by atoms with E-state index < -0.39 is 17.7 Å². The average Bonchev–Trinajstić information content (AvgIpc) is 2.38. The van der Waals surface area contributed by atoms with E-state index in [1.54, 1.807) is 6.07 Å². The molecule has 0 aliphatic heterocycles. The monoisotopic (exact) mass is 300 g/mol. The fourth-order valence-corrected chi connectivity index (χ4v) is 2.07. The van der Waals surface area contributed by atoms with Crippen LogP contribution in [0.4, 0.5) is 13.2 Å². The summed E-state index contributed by atoms with van der Waals surface area (Å²) >= 11 is 5.96. The molecule has 20 heavy (non-hydrogen) atoms. The van der Waals surface area contributed by atoms with Crippen molar-refractivity contribution in [1.29, 1.82) is 0 Å². The molecule has 0 fully saturated rings. The summed E-state index contributed by atoms with van der Waals surface area (Å²) in [7, 11) is 0. The molecule has 0 bridgehead atoms. The molecule has 2 nitrogen and oxygen atoms in total. The molecule has 0 atom stereocenters. The molecule has 0 radical (unpaired) electrons. The van der Waals surface area contributed by atoms with Crippen molar-refractivity contribution in [1.82, 2.24) is 0 Å². The number of carbonyl (C=O) groups is 1. The van der Waals surface area contributed by atoms with Crippen molar-refractivity contribution in [2.45, 2.75) is 6.18 Å². The van der Waals surface area contributed by atoms with Crippen LogP contribution in [-0.2, 0) is 6.18 Å². The fraction of sp³-hybridized carbons (Fsp3) is 0.0714. The molecule has 0 amide bonds. The summed E-state index contributed by atoms with van der Waals surface area (Å²) in [4.78, 5) is 11.0. The maximum absolute atomic E-state index is 12.5. The highest BCUT2D eigenvalue weighted by molar-refractivity contribution is 6.36. The lowest BCUT2D eigenvalue weighted by Gasteiger charge is -2.10. The molecule has 2 rings (SSSR count). The molecule has 0 saturated heterocycles. The van der Waals surface area contributed by atoms with Gasteiger partial charge in [-0.1, -0.05) is 35.9 Å². The highest BCUT2D eigenvalue weighted by atomic mass is 35.5. The molecule has 0 unspecified atom stereocenters. The molecule has 2 aromatic rings. The van der Waals surface area contributed by atoms with Crippen LogP contribution in [0.3, 0.4) is 0 Å². The Kier molecular flexibility index (Phi) is 3.72. The van der Waals surface area contributed by atoms with Gasteiger partial charge in [0.25, 0.3) is 0 Å². The Morgan fingerprint density at radius 3 is 2.15 bits per heavy atom. The fourth-order valence-electron chi connectivity index (χ4n) is 1.76. The van der Waals surface area contributed by atoms with Gasteiger partial charge in [-0.15, -0.1) is 0 Å². The summed E-state index contributed by atoms with van der Waals surface area (Å²) in [5.41, 5.74) is -0.0674. The molecule has 6 heteroatoms. The molecule has 0 heterocycles. The summed E-state index contributed by atoms with van der Waals surface area (Å²) in [6, 6.07) is 8.75. The number of alkyl halides is 3. The Hall–Kier alpha value is -2.01. The number of halogens is 4. The third-order valence-electron chi connectivity index (χ3n) is 2.75. The molecule has 0 aliphatic rings. The van der Waals surface area contributed by atoms with Crippen LogP contribution in [0.15, 0.2) is 42.5 Å². The molecule has 1 N–H and O–H groups in total. The van der Waals surface area contributed by atoms with Crippen LogP contribution >= 0.6 is 11.6 Å². The predicted molar refractivity (Wildman–Crippen MR) is 68.8 cm³/mol. The van der Waals surface area contributed by atoms with E-state index in [9.17, 15) is 18.0 Å². The van der Waals surface area contributed by atoms with Crippen LogP contribution in [0, 0.1) is 0 Å². The zero-order valence-electron chi connectivity index (χ0n) is 9.91. The predicted octanol–water partition coefficient (Wildman–Crippen LogP) is 4.72. The minimum absolute atomic E-state index is 0.000223. The maximum atomic E-state index is 12.5. The summed E-state index contributed by atoms with van der Waals surface area (Å²) in [6.07, 6.45) is -4.41. The lowest BCUT2D eigenvalue weighted by Crippen LogP contribution is -2.04. The van der Waals surface area contributed by atoms with E-state index in [1.165, 1.54) is 24.3 Å². The second kappa shape index (κ2) is 5.17. The van der Waals surface area contributed by atoms with Crippen LogP contribution in [0.2, 0.25) is 5.02 Å². The van der Waals surface area contributed by atoms with Gasteiger partial charge in [-0.2, -0.15) is 13.2 Å². The van der Waals surface area contributed by atoms with E-state index in [0.717, 1.165) is 12.1 Å². The largest absolute Gasteiger partial charge is 0.478 e. The number of rotatable bonds is 2. The van der Waals surface area contributed by atoms with E-state index in [2.05, 4.69) is 0 Å². The molecular formula is C14H8ClF3O2. The van der Waals surface area contributed by atoms with Crippen LogP contribution in [0.5, 0.6) is 0 Å². The third kappa shape index (κ3) is 2.77. The molecule has 2 aromatic carbocycles. The van der Waals surface area contributed by atoms with Gasteiger partial charge in [0, 0.05) is 5.56 Å². The van der Waals surface area contributed by atoms with E-state index in [1.807, 2.05) is 0 Å². The minimum atomic E-state index is -4.41. The van der Waals surface area contributed by atoms with E-state index in [4.69, 9.17) is 16.7 Å². The van der Waals surface area contributed by atoms with Crippen molar-refractivity contribution in [2.75, 3.05) is 0 Å². The van der Waals surface area contributed by atoms with Crippen LogP contribution in [0.1, 0.15) is 15.9 Å². The van der Waals surface area contributed by atoms with Gasteiger partial charge in [0.15, 0.2) is 0 Å². The number of hydrogen-bond donors (Lipinski definition) is 1. The summed E-state index contributed by atoms with van der Waals surface area (Å²) in [5.74, 6) is -1.19. The topological polar surface area (TPSA) is 37.3 Å². The molecule has 0 spiro atoms. The van der Waals surface area contributed by atoms with E-state index in [-0.39, 0.29) is 10.6 Å². The summed E-state index contributed by atoms with van der Waals surface area (Å²) in [6.45, 7) is 0. The number of hydrogen-bond acceptors (Lipinski definition) is 1. The van der Waals surface area contributed by atoms with Crippen molar-refractivity contribution in [2.24, 2.45) is 0 Å². The number of carboxylic acid groups (broad SMARTS) is 1. The van der Waals surface area contributed by atoms with E-state index >= 15 is 0 Å². The zero-order chi connectivity index (χ0) is 14.9. The lowest BCUT2D eigenvalue weighted by molar-refractivity contribution is -0.137. The van der Waals surface area contributed by atoms with Crippen LogP contribution < -0.4 is 0 Å². The van der Waals surface area contributed by atoms with Crippen LogP contribution in [-0.4, -0.2) is 11.1 Å². The second-order valence-corrected chi connectivity index (χ2v) is 4.43. The van der Waals surface area contributed by atoms with Gasteiger partial charge >= 0.3 is 12.1 Å². The minimum Gasteiger partial charge on any atom is -0.478 e. The molecule has 104 valence electrons. The van der Waals surface area contributed by atoms with Gasteiger partial charge in [-0.05, 0) is 23.8 Å². The maximum Gasteiger partial charge on any atom is 0.416 e. The highest BCUT2D eigenvalue weighted by Crippen LogP contribution is 2.34. The van der Waals surface area contributed by atoms with Crippen LogP contribution in [0.25, 0.3) is 11.1 Å². The van der Waals surface area contributed by atoms with E-state index in [0.29, 0.717) is 11.1 Å². The van der Waals surface area contributed by atoms with Crippen molar-refractivity contribution in [3.63, 3.8) is 0 Å². The number of aromatic carboxylic acids is 1. The molecule has 0 aromatic heterocycles. The van der Waals surface area contributed by atoms with Crippen molar-refractivity contribution < 1.29 is 23.1 Å². The summed E-state index contributed by atoms with van der Waals surface area (Å²) in [5, 5.41) is 8.95. The Bertz CT molecular complexity index is 648. The highest BCUT2D eigenvalue weighted by Gasteiger charge is 2.30. The Labute approximate surface area is 117 Å². The normalized spacial score (nSPS) is 11.4. The first kappa shape index (κ1) is 14.4. The summed E-state index contributed by atoms with van der Waals surface area (Å²) < 4.78 is 37.4. The van der Waals surface area contributed by atoms with Gasteiger partial charge in [-0.3, -0.25) is 0 Å². The zero-order valence-corrected chi connectivity index (χ0v) is 10.7. The first-order chi connectivity index (χ1) is 9.30. The molecule has 0 aliphatic carbocycles. The van der Waals surface area contributed by atoms with Gasteiger partial charge in [-0.25, -0.2) is 4.79 Å². The Morgan fingerprint density at radius 2 is 1.65 bits per heavy atom. The van der Waals surface area contributed by atoms with Crippen molar-refractivity contribution >= 4 is 17.6 Å². The smallest absolute Gasteiger partial charge is 0.416 e. The van der Waals surface area contributed by atoms with Gasteiger partial charge in [0.1, 0.15) is 0 Å². The first-order valence-electron chi connectivity index (χ1n) is 5.50. The van der Waals surface area contributed by atoms with Gasteiger partial charge < -0.3 is 5.11 Å². The SMILES string of the molecule is O=C(O)c1cccc(-c2ccc(C(F)(F)F)cc2)c1Cl.